The summed E-state index contributed by atoms with van der Waals surface area (Å²) in [6.45, 7) is 1.10. The second kappa shape index (κ2) is 9.42. The number of benzene rings is 1. The Morgan fingerprint density at radius 1 is 1.22 bits per heavy atom. The maximum absolute atomic E-state index is 11.7. The third-order valence-corrected chi connectivity index (χ3v) is 2.93. The molecule has 8 heteroatoms. The minimum absolute atomic E-state index is 0.0861. The Bertz CT molecular complexity index is 533. The normalized spacial score (nSPS) is 12.7. The van der Waals surface area contributed by atoms with Crippen LogP contribution in [0.25, 0.3) is 0 Å². The van der Waals surface area contributed by atoms with E-state index >= 15 is 0 Å². The predicted octanol–water partition coefficient (Wildman–Crippen LogP) is -0.476. The van der Waals surface area contributed by atoms with Crippen molar-refractivity contribution in [3.05, 3.63) is 35.9 Å². The summed E-state index contributed by atoms with van der Waals surface area (Å²) in [5.41, 5.74) is 0.820. The lowest BCUT2D eigenvalue weighted by molar-refractivity contribution is -0.130. The highest BCUT2D eigenvalue weighted by molar-refractivity contribution is 5.89. The topological polar surface area (TPSA) is 117 Å². The molecule has 2 unspecified atom stereocenters. The first kappa shape index (κ1) is 18.4. The van der Waals surface area contributed by atoms with Crippen molar-refractivity contribution in [3.63, 3.8) is 0 Å². The molecule has 8 nitrogen and oxygen atoms in total. The summed E-state index contributed by atoms with van der Waals surface area (Å²) in [6, 6.07) is 8.00. The molecule has 0 aliphatic carbocycles. The minimum atomic E-state index is -1.09. The summed E-state index contributed by atoms with van der Waals surface area (Å²) in [5, 5.41) is 16.4. The average Bonchev–Trinajstić information content (AvgIpc) is 2.55. The van der Waals surface area contributed by atoms with Crippen LogP contribution in [0.3, 0.4) is 0 Å². The molecule has 0 saturated carbocycles. The fourth-order valence-corrected chi connectivity index (χ4v) is 1.71. The number of alkyl carbamates (subject to hydrolysis) is 1. The van der Waals surface area contributed by atoms with Crippen molar-refractivity contribution in [1.82, 2.24) is 16.0 Å². The van der Waals surface area contributed by atoms with Crippen LogP contribution in [0, 0.1) is 0 Å². The largest absolute Gasteiger partial charge is 0.445 e. The number of aliphatic hydroxyl groups is 1. The van der Waals surface area contributed by atoms with Crippen LogP contribution in [0.5, 0.6) is 0 Å². The van der Waals surface area contributed by atoms with Crippen LogP contribution in [-0.4, -0.2) is 48.8 Å². The van der Waals surface area contributed by atoms with E-state index in [0.717, 1.165) is 5.56 Å². The van der Waals surface area contributed by atoms with Crippen molar-refractivity contribution >= 4 is 17.9 Å². The van der Waals surface area contributed by atoms with Gasteiger partial charge in [0.15, 0.2) is 0 Å². The number of aliphatic hydroxyl groups excluding tert-OH is 1. The number of amides is 3. The molecular formula is C15H21N3O5. The lowest BCUT2D eigenvalue weighted by Crippen LogP contribution is -2.53. The second-order valence-electron chi connectivity index (χ2n) is 4.82. The van der Waals surface area contributed by atoms with Crippen molar-refractivity contribution in [3.8, 4) is 0 Å². The predicted molar refractivity (Wildman–Crippen MR) is 82.3 cm³/mol. The van der Waals surface area contributed by atoms with E-state index in [1.54, 1.807) is 12.1 Å². The summed E-state index contributed by atoms with van der Waals surface area (Å²) in [6.07, 6.45) is -1.82. The quantitative estimate of drug-likeness (QED) is 0.541. The maximum Gasteiger partial charge on any atom is 0.407 e. The van der Waals surface area contributed by atoms with Gasteiger partial charge in [0.25, 0.3) is 0 Å². The molecule has 0 heterocycles. The smallest absolute Gasteiger partial charge is 0.407 e. The van der Waals surface area contributed by atoms with Gasteiger partial charge < -0.3 is 25.8 Å². The van der Waals surface area contributed by atoms with Crippen LogP contribution in [-0.2, 0) is 20.9 Å². The van der Waals surface area contributed by atoms with E-state index in [-0.39, 0.29) is 13.2 Å². The minimum Gasteiger partial charge on any atom is -0.445 e. The highest BCUT2D eigenvalue weighted by atomic mass is 16.5. The molecule has 1 rings (SSSR count). The Labute approximate surface area is 134 Å². The van der Waals surface area contributed by atoms with Crippen LogP contribution >= 0.6 is 0 Å². The van der Waals surface area contributed by atoms with E-state index in [4.69, 9.17) is 4.74 Å². The molecule has 2 atom stereocenters. The highest BCUT2D eigenvalue weighted by Gasteiger charge is 2.24. The van der Waals surface area contributed by atoms with Gasteiger partial charge in [-0.3, -0.25) is 9.59 Å². The van der Waals surface area contributed by atoms with Crippen molar-refractivity contribution in [1.29, 1.82) is 0 Å². The van der Waals surface area contributed by atoms with Crippen LogP contribution < -0.4 is 16.0 Å². The molecule has 1 aromatic rings. The Hall–Kier alpha value is -2.61. The van der Waals surface area contributed by atoms with E-state index in [9.17, 15) is 19.5 Å². The van der Waals surface area contributed by atoms with Gasteiger partial charge in [0.1, 0.15) is 19.2 Å². The fraction of sp³-hybridized carbons (Fsp3) is 0.400. The standard InChI is InChI=1S/C15H21N3O5/c1-10(19)13(14(21)16-2)18-12(20)8-17-15(22)23-9-11-6-4-3-5-7-11/h3-7,10,13,19H,8-9H2,1-2H3,(H,16,21)(H,17,22)(H,18,20). The van der Waals surface area contributed by atoms with E-state index in [2.05, 4.69) is 16.0 Å². The van der Waals surface area contributed by atoms with Crippen LogP contribution in [0.15, 0.2) is 30.3 Å². The molecule has 0 fully saturated rings. The third-order valence-electron chi connectivity index (χ3n) is 2.93. The van der Waals surface area contributed by atoms with Crippen molar-refractivity contribution in [2.75, 3.05) is 13.6 Å². The Morgan fingerprint density at radius 3 is 2.43 bits per heavy atom. The molecule has 4 N–H and O–H groups in total. The van der Waals surface area contributed by atoms with Gasteiger partial charge in [-0.25, -0.2) is 4.79 Å². The number of carbonyl (C=O) groups is 3. The molecule has 23 heavy (non-hydrogen) atoms. The Morgan fingerprint density at radius 2 is 1.87 bits per heavy atom. The zero-order chi connectivity index (χ0) is 17.2. The SMILES string of the molecule is CNC(=O)C(NC(=O)CNC(=O)OCc1ccccc1)C(C)O. The third kappa shape index (κ3) is 6.79. The van der Waals surface area contributed by atoms with Crippen LogP contribution in [0.4, 0.5) is 4.79 Å². The zero-order valence-electron chi connectivity index (χ0n) is 13.0. The molecule has 3 amide bonds. The van der Waals surface area contributed by atoms with Gasteiger partial charge in [-0.1, -0.05) is 30.3 Å². The van der Waals surface area contributed by atoms with Crippen molar-refractivity contribution in [2.24, 2.45) is 0 Å². The number of rotatable bonds is 7. The number of ether oxygens (including phenoxy) is 1. The summed E-state index contributed by atoms with van der Waals surface area (Å²) >= 11 is 0. The molecule has 0 spiro atoms. The highest BCUT2D eigenvalue weighted by Crippen LogP contribution is 2.00. The summed E-state index contributed by atoms with van der Waals surface area (Å²) < 4.78 is 4.94. The second-order valence-corrected chi connectivity index (χ2v) is 4.82. The van der Waals surface area contributed by atoms with E-state index < -0.39 is 30.1 Å². The first-order valence-corrected chi connectivity index (χ1v) is 7.07. The Balaban J connectivity index is 2.34. The van der Waals surface area contributed by atoms with Gasteiger partial charge in [0, 0.05) is 7.05 Å². The zero-order valence-corrected chi connectivity index (χ0v) is 13.0. The van der Waals surface area contributed by atoms with Gasteiger partial charge in [0.05, 0.1) is 6.10 Å². The summed E-state index contributed by atoms with van der Waals surface area (Å²) in [7, 11) is 1.39. The number of likely N-dealkylation sites (N-methyl/N-ethyl adjacent to an activating group) is 1. The van der Waals surface area contributed by atoms with Crippen molar-refractivity contribution < 1.29 is 24.2 Å². The number of hydrogen-bond acceptors (Lipinski definition) is 5. The van der Waals surface area contributed by atoms with Gasteiger partial charge >= 0.3 is 6.09 Å². The van der Waals surface area contributed by atoms with Gasteiger partial charge in [0.2, 0.25) is 11.8 Å². The number of carbonyl (C=O) groups excluding carboxylic acids is 3. The molecular weight excluding hydrogens is 302 g/mol. The lowest BCUT2D eigenvalue weighted by Gasteiger charge is -2.19. The van der Waals surface area contributed by atoms with Gasteiger partial charge in [-0.2, -0.15) is 0 Å². The molecule has 0 aromatic heterocycles. The molecule has 1 aromatic carbocycles. The number of hydrogen-bond donors (Lipinski definition) is 4. The summed E-state index contributed by atoms with van der Waals surface area (Å²) in [4.78, 5) is 34.7. The molecule has 0 radical (unpaired) electrons. The van der Waals surface area contributed by atoms with E-state index in [0.29, 0.717) is 0 Å². The Kier molecular flexibility index (Phi) is 7.55. The van der Waals surface area contributed by atoms with Gasteiger partial charge in [-0.15, -0.1) is 0 Å². The van der Waals surface area contributed by atoms with Crippen molar-refractivity contribution in [2.45, 2.75) is 25.7 Å². The molecule has 0 saturated heterocycles. The average molecular weight is 323 g/mol. The van der Waals surface area contributed by atoms with Crippen LogP contribution in [0.1, 0.15) is 12.5 Å². The summed E-state index contributed by atoms with van der Waals surface area (Å²) in [5.74, 6) is -1.14. The van der Waals surface area contributed by atoms with Crippen LogP contribution in [0.2, 0.25) is 0 Å². The lowest BCUT2D eigenvalue weighted by atomic mass is 10.1. The molecule has 0 aliphatic heterocycles. The monoisotopic (exact) mass is 323 g/mol. The number of nitrogens with one attached hydrogen (secondary N) is 3. The maximum atomic E-state index is 11.7. The van der Waals surface area contributed by atoms with E-state index in [1.807, 2.05) is 18.2 Å². The molecule has 126 valence electrons. The first-order chi connectivity index (χ1) is 10.9. The first-order valence-electron chi connectivity index (χ1n) is 7.07. The molecule has 0 aliphatic rings. The molecule has 0 bridgehead atoms. The van der Waals surface area contributed by atoms with Gasteiger partial charge in [-0.05, 0) is 12.5 Å². The van der Waals surface area contributed by atoms with E-state index in [1.165, 1.54) is 14.0 Å². The fourth-order valence-electron chi connectivity index (χ4n) is 1.71.